The molecule has 0 radical (unpaired) electrons. The average Bonchev–Trinajstić information content (AvgIpc) is 3.05. The predicted molar refractivity (Wildman–Crippen MR) is 123 cm³/mol. The maximum Gasteiger partial charge on any atom is 0.133 e. The van der Waals surface area contributed by atoms with Gasteiger partial charge in [-0.15, -0.1) is 0 Å². The van der Waals surface area contributed by atoms with Crippen LogP contribution >= 0.6 is 0 Å². The van der Waals surface area contributed by atoms with Gasteiger partial charge in [0.05, 0.1) is 29.9 Å². The summed E-state index contributed by atoms with van der Waals surface area (Å²) in [6, 6.07) is 8.43. The van der Waals surface area contributed by atoms with Gasteiger partial charge in [-0.3, -0.25) is 14.6 Å². The molecule has 4 heterocycles. The van der Waals surface area contributed by atoms with Gasteiger partial charge < -0.3 is 10.1 Å². The average molecular weight is 421 g/mol. The van der Waals surface area contributed by atoms with E-state index in [1.54, 1.807) is 6.20 Å². The van der Waals surface area contributed by atoms with Gasteiger partial charge in [0.1, 0.15) is 11.9 Å². The van der Waals surface area contributed by atoms with Crippen molar-refractivity contribution >= 4 is 11.5 Å². The quantitative estimate of drug-likeness (QED) is 0.633. The molecule has 1 fully saturated rings. The minimum absolute atomic E-state index is 0.0276. The Labute approximate surface area is 184 Å². The van der Waals surface area contributed by atoms with E-state index in [0.717, 1.165) is 48.1 Å². The summed E-state index contributed by atoms with van der Waals surface area (Å²) >= 11 is 0. The Kier molecular flexibility index (Phi) is 6.34. The number of aryl methyl sites for hydroxylation is 2. The first-order valence-electron chi connectivity index (χ1n) is 11.0. The predicted octanol–water partition coefficient (Wildman–Crippen LogP) is 4.50. The van der Waals surface area contributed by atoms with Gasteiger partial charge in [0, 0.05) is 43.1 Å². The van der Waals surface area contributed by atoms with Crippen LogP contribution in [-0.4, -0.2) is 44.3 Å². The molecule has 1 saturated heterocycles. The van der Waals surface area contributed by atoms with Crippen molar-refractivity contribution in [2.75, 3.05) is 25.0 Å². The number of nitrogens with one attached hydrogen (secondary N) is 1. The van der Waals surface area contributed by atoms with Crippen LogP contribution in [0.15, 0.2) is 36.7 Å². The standard InChI is InChI=1S/C24H32N6O/c1-16(2)30-19(5)21(18(4)28-30)14-29-11-12-31-23(15-29)22-9-8-20(13-26-22)27-24-17(3)7-6-10-25-24/h6-10,13,16,23H,11-12,14-15H2,1-5H3,(H,25,27). The monoisotopic (exact) mass is 420 g/mol. The molecule has 0 aliphatic carbocycles. The van der Waals surface area contributed by atoms with Gasteiger partial charge in [-0.1, -0.05) is 6.07 Å². The highest BCUT2D eigenvalue weighted by molar-refractivity contribution is 5.57. The number of nitrogens with zero attached hydrogens (tertiary/aromatic N) is 5. The van der Waals surface area contributed by atoms with Crippen molar-refractivity contribution in [2.45, 2.75) is 53.3 Å². The fraction of sp³-hybridized carbons (Fsp3) is 0.458. The van der Waals surface area contributed by atoms with Crippen molar-refractivity contribution in [1.82, 2.24) is 24.6 Å². The fourth-order valence-corrected chi connectivity index (χ4v) is 4.10. The van der Waals surface area contributed by atoms with Gasteiger partial charge in [0.15, 0.2) is 0 Å². The van der Waals surface area contributed by atoms with E-state index >= 15 is 0 Å². The van der Waals surface area contributed by atoms with Gasteiger partial charge in [-0.05, 0) is 58.4 Å². The summed E-state index contributed by atoms with van der Waals surface area (Å²) in [5.74, 6) is 0.852. The Morgan fingerprint density at radius 2 is 2.00 bits per heavy atom. The topological polar surface area (TPSA) is 68.1 Å². The molecule has 3 aromatic heterocycles. The lowest BCUT2D eigenvalue weighted by molar-refractivity contribution is -0.0350. The fourth-order valence-electron chi connectivity index (χ4n) is 4.10. The van der Waals surface area contributed by atoms with Gasteiger partial charge in [0.25, 0.3) is 0 Å². The number of aromatic nitrogens is 4. The van der Waals surface area contributed by atoms with Crippen LogP contribution in [0.1, 0.15) is 54.2 Å². The number of hydrogen-bond acceptors (Lipinski definition) is 6. The minimum atomic E-state index is -0.0276. The van der Waals surface area contributed by atoms with Crippen LogP contribution < -0.4 is 5.32 Å². The van der Waals surface area contributed by atoms with Crippen molar-refractivity contribution in [3.05, 3.63) is 64.9 Å². The van der Waals surface area contributed by atoms with Crippen molar-refractivity contribution in [3.63, 3.8) is 0 Å². The first-order valence-corrected chi connectivity index (χ1v) is 11.0. The molecular weight excluding hydrogens is 388 g/mol. The summed E-state index contributed by atoms with van der Waals surface area (Å²) in [5, 5.41) is 8.07. The Balaban J connectivity index is 1.42. The van der Waals surface area contributed by atoms with E-state index in [-0.39, 0.29) is 6.10 Å². The van der Waals surface area contributed by atoms with Gasteiger partial charge in [-0.25, -0.2) is 4.98 Å². The molecule has 7 nitrogen and oxygen atoms in total. The van der Waals surface area contributed by atoms with E-state index in [9.17, 15) is 0 Å². The highest BCUT2D eigenvalue weighted by atomic mass is 16.5. The molecule has 1 unspecified atom stereocenters. The molecule has 164 valence electrons. The van der Waals surface area contributed by atoms with Crippen LogP contribution in [0.25, 0.3) is 0 Å². The van der Waals surface area contributed by atoms with E-state index in [4.69, 9.17) is 9.84 Å². The molecule has 7 heteroatoms. The molecule has 0 saturated carbocycles. The first kappa shape index (κ1) is 21.5. The molecule has 1 atom stereocenters. The molecule has 1 aliphatic rings. The van der Waals surface area contributed by atoms with Crippen LogP contribution in [0.2, 0.25) is 0 Å². The van der Waals surface area contributed by atoms with Crippen LogP contribution in [0.3, 0.4) is 0 Å². The minimum Gasteiger partial charge on any atom is -0.369 e. The molecule has 0 bridgehead atoms. The zero-order chi connectivity index (χ0) is 22.0. The van der Waals surface area contributed by atoms with Crippen LogP contribution in [0.4, 0.5) is 11.5 Å². The summed E-state index contributed by atoms with van der Waals surface area (Å²) in [7, 11) is 0. The summed E-state index contributed by atoms with van der Waals surface area (Å²) in [5.41, 5.74) is 6.68. The van der Waals surface area contributed by atoms with Gasteiger partial charge in [-0.2, -0.15) is 5.10 Å². The molecular formula is C24H32N6O. The third kappa shape index (κ3) is 4.78. The Hall–Kier alpha value is -2.77. The smallest absolute Gasteiger partial charge is 0.133 e. The Morgan fingerprint density at radius 3 is 2.68 bits per heavy atom. The van der Waals surface area contributed by atoms with Crippen molar-refractivity contribution < 1.29 is 4.74 Å². The van der Waals surface area contributed by atoms with Crippen molar-refractivity contribution in [2.24, 2.45) is 0 Å². The Bertz CT molecular complexity index is 1030. The second kappa shape index (κ2) is 9.16. The van der Waals surface area contributed by atoms with Crippen LogP contribution in [0, 0.1) is 20.8 Å². The Morgan fingerprint density at radius 1 is 1.16 bits per heavy atom. The summed E-state index contributed by atoms with van der Waals surface area (Å²) < 4.78 is 8.18. The lowest BCUT2D eigenvalue weighted by atomic mass is 10.1. The highest BCUT2D eigenvalue weighted by Gasteiger charge is 2.25. The largest absolute Gasteiger partial charge is 0.369 e. The maximum absolute atomic E-state index is 6.06. The molecule has 0 aromatic carbocycles. The van der Waals surface area contributed by atoms with E-state index in [0.29, 0.717) is 12.6 Å². The third-order valence-corrected chi connectivity index (χ3v) is 5.88. The third-order valence-electron chi connectivity index (χ3n) is 5.88. The van der Waals surface area contributed by atoms with E-state index in [1.807, 2.05) is 37.4 Å². The SMILES string of the molecule is Cc1cccnc1Nc1ccc(C2CN(Cc3c(C)nn(C(C)C)c3C)CCO2)nc1. The number of hydrogen-bond donors (Lipinski definition) is 1. The van der Waals surface area contributed by atoms with Crippen LogP contribution in [-0.2, 0) is 11.3 Å². The molecule has 0 spiro atoms. The number of pyridine rings is 2. The van der Waals surface area contributed by atoms with Gasteiger partial charge in [0.2, 0.25) is 0 Å². The normalized spacial score (nSPS) is 17.3. The molecule has 4 rings (SSSR count). The van der Waals surface area contributed by atoms with E-state index < -0.39 is 0 Å². The van der Waals surface area contributed by atoms with Crippen molar-refractivity contribution in [3.8, 4) is 0 Å². The molecule has 3 aromatic rings. The number of anilines is 2. The lowest BCUT2D eigenvalue weighted by Gasteiger charge is -2.32. The molecule has 0 amide bonds. The van der Waals surface area contributed by atoms with Gasteiger partial charge >= 0.3 is 0 Å². The van der Waals surface area contributed by atoms with E-state index in [2.05, 4.69) is 52.6 Å². The highest BCUT2D eigenvalue weighted by Crippen LogP contribution is 2.26. The second-order valence-electron chi connectivity index (χ2n) is 8.55. The lowest BCUT2D eigenvalue weighted by Crippen LogP contribution is -2.38. The summed E-state index contributed by atoms with van der Waals surface area (Å²) in [6.45, 7) is 14.0. The van der Waals surface area contributed by atoms with Crippen LogP contribution in [0.5, 0.6) is 0 Å². The molecule has 31 heavy (non-hydrogen) atoms. The summed E-state index contributed by atoms with van der Waals surface area (Å²) in [4.78, 5) is 11.5. The first-order chi connectivity index (χ1) is 14.9. The summed E-state index contributed by atoms with van der Waals surface area (Å²) in [6.07, 6.45) is 3.61. The molecule has 1 N–H and O–H groups in total. The maximum atomic E-state index is 6.06. The second-order valence-corrected chi connectivity index (χ2v) is 8.55. The van der Waals surface area contributed by atoms with Crippen molar-refractivity contribution in [1.29, 1.82) is 0 Å². The van der Waals surface area contributed by atoms with E-state index in [1.165, 1.54) is 11.3 Å². The number of ether oxygens (including phenoxy) is 1. The number of morpholine rings is 1. The zero-order valence-electron chi connectivity index (χ0n) is 19.1. The molecule has 1 aliphatic heterocycles. The zero-order valence-corrected chi connectivity index (χ0v) is 19.1. The number of rotatable bonds is 6.